The summed E-state index contributed by atoms with van der Waals surface area (Å²) in [6, 6.07) is 8.39. The highest BCUT2D eigenvalue weighted by molar-refractivity contribution is 6.30. The number of nitrogens with one attached hydrogen (secondary N) is 2. The standard InChI is InChI=1S/C25H26ClN5O4.ClH/c26-15-5-10-20(28-13-15)29-25(34)23-22(18-12-16(27)6-9-19(18)35-23)30-24(33)14-3-7-17(8-4-14)31-11-1-2-21(31)32;/h5-6,9-10,12-14,17H,1-4,7-8,11,27H2,(H,30,33)(H,28,29,34);1H. The molecule has 0 spiro atoms. The molecule has 2 aromatic heterocycles. The van der Waals surface area contributed by atoms with E-state index in [9.17, 15) is 14.4 Å². The normalized spacial score (nSPS) is 19.7. The van der Waals surface area contributed by atoms with Crippen molar-refractivity contribution in [3.63, 3.8) is 0 Å². The Morgan fingerprint density at radius 3 is 2.56 bits per heavy atom. The van der Waals surface area contributed by atoms with E-state index in [4.69, 9.17) is 21.8 Å². The smallest absolute Gasteiger partial charge is 0.294 e. The lowest BCUT2D eigenvalue weighted by Crippen LogP contribution is -2.40. The highest BCUT2D eigenvalue weighted by Gasteiger charge is 2.34. The second-order valence-corrected chi connectivity index (χ2v) is 9.50. The zero-order chi connectivity index (χ0) is 24.5. The fourth-order valence-electron chi connectivity index (χ4n) is 4.95. The molecule has 9 nitrogen and oxygen atoms in total. The number of hydrogen-bond acceptors (Lipinski definition) is 6. The molecule has 1 saturated heterocycles. The predicted molar refractivity (Wildman–Crippen MR) is 140 cm³/mol. The number of fused-ring (bicyclic) bond motifs is 1. The van der Waals surface area contributed by atoms with Crippen molar-refractivity contribution in [1.29, 1.82) is 0 Å². The maximum absolute atomic E-state index is 13.2. The summed E-state index contributed by atoms with van der Waals surface area (Å²) in [6.45, 7) is 0.809. The Bertz CT molecular complexity index is 1290. The van der Waals surface area contributed by atoms with Gasteiger partial charge < -0.3 is 25.7 Å². The van der Waals surface area contributed by atoms with Crippen LogP contribution in [0.5, 0.6) is 0 Å². The number of likely N-dealkylation sites (tertiary alicyclic amines) is 1. The lowest BCUT2D eigenvalue weighted by Gasteiger charge is -2.34. The molecule has 4 N–H and O–H groups in total. The van der Waals surface area contributed by atoms with Crippen molar-refractivity contribution in [3.8, 4) is 0 Å². The van der Waals surface area contributed by atoms with Gasteiger partial charge in [-0.05, 0) is 62.4 Å². The highest BCUT2D eigenvalue weighted by atomic mass is 35.5. The zero-order valence-electron chi connectivity index (χ0n) is 19.5. The quantitative estimate of drug-likeness (QED) is 0.403. The van der Waals surface area contributed by atoms with Crippen molar-refractivity contribution in [3.05, 3.63) is 47.3 Å². The van der Waals surface area contributed by atoms with Crippen LogP contribution in [0, 0.1) is 5.92 Å². The molecule has 1 aliphatic heterocycles. The largest absolute Gasteiger partial charge is 0.449 e. The summed E-state index contributed by atoms with van der Waals surface area (Å²) in [5.41, 5.74) is 7.16. The van der Waals surface area contributed by atoms with Gasteiger partial charge in [0.15, 0.2) is 0 Å². The Hall–Kier alpha value is -3.30. The summed E-state index contributed by atoms with van der Waals surface area (Å²) in [4.78, 5) is 44.4. The van der Waals surface area contributed by atoms with Crippen molar-refractivity contribution >= 4 is 69.9 Å². The third-order valence-electron chi connectivity index (χ3n) is 6.75. The maximum Gasteiger partial charge on any atom is 0.294 e. The number of hydrogen-bond donors (Lipinski definition) is 3. The lowest BCUT2D eigenvalue weighted by atomic mass is 9.84. The number of rotatable bonds is 5. The molecule has 1 saturated carbocycles. The topological polar surface area (TPSA) is 131 Å². The molecule has 2 aliphatic rings. The summed E-state index contributed by atoms with van der Waals surface area (Å²) in [5, 5.41) is 6.59. The van der Waals surface area contributed by atoms with E-state index in [2.05, 4.69) is 15.6 Å². The molecule has 11 heteroatoms. The van der Waals surface area contributed by atoms with Gasteiger partial charge in [0.1, 0.15) is 17.1 Å². The fraction of sp³-hybridized carbons (Fsp3) is 0.360. The van der Waals surface area contributed by atoms with E-state index < -0.39 is 5.91 Å². The third-order valence-corrected chi connectivity index (χ3v) is 6.98. The van der Waals surface area contributed by atoms with Crippen LogP contribution < -0.4 is 16.4 Å². The molecule has 0 radical (unpaired) electrons. The van der Waals surface area contributed by atoms with Crippen LogP contribution in [-0.2, 0) is 9.59 Å². The Morgan fingerprint density at radius 1 is 1.11 bits per heavy atom. The SMILES string of the molecule is Cl.Nc1ccc2oc(C(=O)Nc3ccc(Cl)cn3)c(NC(=O)C3CCC(N4CCCC4=O)CC3)c2c1. The second-order valence-electron chi connectivity index (χ2n) is 9.06. The van der Waals surface area contributed by atoms with Crippen LogP contribution >= 0.6 is 24.0 Å². The van der Waals surface area contributed by atoms with E-state index in [0.29, 0.717) is 46.8 Å². The predicted octanol–water partition coefficient (Wildman–Crippen LogP) is 4.86. The van der Waals surface area contributed by atoms with Gasteiger partial charge in [0.2, 0.25) is 17.6 Å². The number of carbonyl (C=O) groups is 3. The highest BCUT2D eigenvalue weighted by Crippen LogP contribution is 2.35. The van der Waals surface area contributed by atoms with Gasteiger partial charge in [-0.25, -0.2) is 4.98 Å². The van der Waals surface area contributed by atoms with E-state index in [-0.39, 0.29) is 47.6 Å². The molecule has 190 valence electrons. The molecule has 36 heavy (non-hydrogen) atoms. The van der Waals surface area contributed by atoms with Gasteiger partial charge in [-0.2, -0.15) is 0 Å². The maximum atomic E-state index is 13.2. The van der Waals surface area contributed by atoms with E-state index in [1.807, 2.05) is 4.90 Å². The van der Waals surface area contributed by atoms with E-state index >= 15 is 0 Å². The number of furan rings is 1. The molecule has 1 aliphatic carbocycles. The minimum absolute atomic E-state index is 0. The molecule has 0 atom stereocenters. The Balaban J connectivity index is 0.00000304. The molecule has 1 aromatic carbocycles. The average Bonchev–Trinajstić information content (AvgIpc) is 3.44. The first-order chi connectivity index (χ1) is 16.9. The monoisotopic (exact) mass is 531 g/mol. The zero-order valence-corrected chi connectivity index (χ0v) is 21.0. The van der Waals surface area contributed by atoms with Crippen molar-refractivity contribution < 1.29 is 18.8 Å². The van der Waals surface area contributed by atoms with Crippen LogP contribution in [-0.4, -0.2) is 40.2 Å². The summed E-state index contributed by atoms with van der Waals surface area (Å²) in [5.74, 6) is -0.477. The number of pyridine rings is 1. The van der Waals surface area contributed by atoms with E-state index in [1.54, 1.807) is 30.3 Å². The minimum atomic E-state index is -0.554. The number of nitrogen functional groups attached to an aromatic ring is 1. The van der Waals surface area contributed by atoms with Gasteiger partial charge in [-0.1, -0.05) is 11.6 Å². The van der Waals surface area contributed by atoms with Crippen LogP contribution in [0.15, 0.2) is 40.9 Å². The molecular weight excluding hydrogens is 505 g/mol. The number of benzene rings is 1. The van der Waals surface area contributed by atoms with Gasteiger partial charge in [-0.3, -0.25) is 14.4 Å². The Morgan fingerprint density at radius 2 is 1.89 bits per heavy atom. The summed E-state index contributed by atoms with van der Waals surface area (Å²) in [7, 11) is 0. The summed E-state index contributed by atoms with van der Waals surface area (Å²) in [6.07, 6.45) is 5.88. The molecular formula is C25H27Cl2N5O4. The van der Waals surface area contributed by atoms with Crippen molar-refractivity contribution in [2.45, 2.75) is 44.6 Å². The van der Waals surface area contributed by atoms with Crippen molar-refractivity contribution in [2.24, 2.45) is 5.92 Å². The minimum Gasteiger partial charge on any atom is -0.449 e. The Kier molecular flexibility index (Phi) is 7.70. The van der Waals surface area contributed by atoms with Crippen LogP contribution in [0.4, 0.5) is 17.2 Å². The summed E-state index contributed by atoms with van der Waals surface area (Å²) < 4.78 is 5.82. The fourth-order valence-corrected chi connectivity index (χ4v) is 5.06. The van der Waals surface area contributed by atoms with Crippen molar-refractivity contribution in [2.75, 3.05) is 22.9 Å². The Labute approximate surface area is 219 Å². The number of anilines is 3. The number of carbonyl (C=O) groups excluding carboxylic acids is 3. The van der Waals surface area contributed by atoms with Crippen LogP contribution in [0.3, 0.4) is 0 Å². The molecule has 2 fully saturated rings. The number of aromatic nitrogens is 1. The molecule has 3 amide bonds. The first kappa shape index (κ1) is 25.8. The second kappa shape index (κ2) is 10.8. The first-order valence-electron chi connectivity index (χ1n) is 11.7. The van der Waals surface area contributed by atoms with Gasteiger partial charge in [0, 0.05) is 42.2 Å². The van der Waals surface area contributed by atoms with Crippen LogP contribution in [0.25, 0.3) is 11.0 Å². The molecule has 5 rings (SSSR count). The van der Waals surface area contributed by atoms with Crippen LogP contribution in [0.2, 0.25) is 5.02 Å². The molecule has 0 bridgehead atoms. The summed E-state index contributed by atoms with van der Waals surface area (Å²) >= 11 is 5.87. The van der Waals surface area contributed by atoms with Gasteiger partial charge in [0.25, 0.3) is 5.91 Å². The molecule has 3 heterocycles. The van der Waals surface area contributed by atoms with Gasteiger partial charge in [-0.15, -0.1) is 12.4 Å². The molecule has 3 aromatic rings. The average molecular weight is 532 g/mol. The van der Waals surface area contributed by atoms with Crippen LogP contribution in [0.1, 0.15) is 49.1 Å². The number of nitrogens with zero attached hydrogens (tertiary/aromatic N) is 2. The lowest BCUT2D eigenvalue weighted by molar-refractivity contribution is -0.130. The third kappa shape index (κ3) is 5.27. The van der Waals surface area contributed by atoms with Gasteiger partial charge >= 0.3 is 0 Å². The van der Waals surface area contributed by atoms with E-state index in [0.717, 1.165) is 25.8 Å². The first-order valence-corrected chi connectivity index (χ1v) is 12.1. The van der Waals surface area contributed by atoms with Gasteiger partial charge in [0.05, 0.1) is 5.02 Å². The van der Waals surface area contributed by atoms with Crippen molar-refractivity contribution in [1.82, 2.24) is 9.88 Å². The number of halogens is 2. The number of amides is 3. The van der Waals surface area contributed by atoms with E-state index in [1.165, 1.54) is 6.20 Å². The number of nitrogens with two attached hydrogens (primary N) is 1. The molecule has 0 unspecified atom stereocenters.